The molecule has 0 bridgehead atoms. The summed E-state index contributed by atoms with van der Waals surface area (Å²) >= 11 is 0. The molecule has 1 aliphatic rings. The molecule has 0 spiro atoms. The highest BCUT2D eigenvalue weighted by atomic mass is 31.1. The van der Waals surface area contributed by atoms with Gasteiger partial charge in [0.15, 0.2) is 0 Å². The predicted octanol–water partition coefficient (Wildman–Crippen LogP) is 5.84. The molecule has 1 fully saturated rings. The first-order valence-electron chi connectivity index (χ1n) is 9.98. The molecule has 30 heavy (non-hydrogen) atoms. The predicted molar refractivity (Wildman–Crippen MR) is 110 cm³/mol. The van der Waals surface area contributed by atoms with Gasteiger partial charge in [0.2, 0.25) is 11.8 Å². The lowest BCUT2D eigenvalue weighted by Crippen LogP contribution is -2.45. The van der Waals surface area contributed by atoms with Gasteiger partial charge in [-0.15, -0.1) is 0 Å². The van der Waals surface area contributed by atoms with E-state index in [1.807, 2.05) is 19.1 Å². The maximum absolute atomic E-state index is 13.8. The Hall–Kier alpha value is -2.40. The third-order valence-corrected chi connectivity index (χ3v) is 6.09. The van der Waals surface area contributed by atoms with E-state index in [2.05, 4.69) is 5.32 Å². The number of benzene rings is 2. The molecule has 160 valence electrons. The first kappa shape index (κ1) is 22.3. The number of carbonyl (C=O) groups excluding carboxylic acids is 1. The van der Waals surface area contributed by atoms with Gasteiger partial charge < -0.3 is 5.32 Å². The van der Waals surface area contributed by atoms with Crippen LogP contribution in [-0.4, -0.2) is 17.9 Å². The summed E-state index contributed by atoms with van der Waals surface area (Å²) in [5.41, 5.74) is 1.82. The maximum Gasteiger partial charge on any atom is 0.283 e. The Labute approximate surface area is 175 Å². The average Bonchev–Trinajstić information content (AvgIpc) is 2.73. The van der Waals surface area contributed by atoms with Gasteiger partial charge in [-0.05, 0) is 48.6 Å². The number of nitrogens with one attached hydrogen (secondary N) is 1. The first-order chi connectivity index (χ1) is 14.3. The van der Waals surface area contributed by atoms with Gasteiger partial charge in [-0.25, -0.2) is 17.7 Å². The van der Waals surface area contributed by atoms with Gasteiger partial charge in [0.1, 0.15) is 11.9 Å². The van der Waals surface area contributed by atoms with E-state index in [1.54, 1.807) is 18.2 Å². The van der Waals surface area contributed by atoms with Crippen molar-refractivity contribution in [3.63, 3.8) is 0 Å². The summed E-state index contributed by atoms with van der Waals surface area (Å²) in [5, 5.41) is 2.85. The molecule has 1 N–H and O–H groups in total. The number of nitrogens with zero attached hydrogens (tertiary/aromatic N) is 1. The van der Waals surface area contributed by atoms with Gasteiger partial charge in [0.05, 0.1) is 5.69 Å². The summed E-state index contributed by atoms with van der Waals surface area (Å²) < 4.78 is 54.2. The molecular formula is C22H24F3N2O2P. The SMILES string of the molecule is CCc1ccccc1C(C(=O)NC1CCC(F)(F)CC1)N(P=O)c1cccc(F)c1. The second-order valence-electron chi connectivity index (χ2n) is 7.50. The van der Waals surface area contributed by atoms with Gasteiger partial charge >= 0.3 is 0 Å². The van der Waals surface area contributed by atoms with E-state index in [1.165, 1.54) is 22.9 Å². The summed E-state index contributed by atoms with van der Waals surface area (Å²) in [6.07, 6.45) is 0.442. The molecule has 1 aliphatic carbocycles. The number of aryl methyl sites for hydroxylation is 1. The van der Waals surface area contributed by atoms with Gasteiger partial charge in [-0.2, -0.15) is 0 Å². The van der Waals surface area contributed by atoms with Gasteiger partial charge in [-0.1, -0.05) is 37.3 Å². The van der Waals surface area contributed by atoms with Crippen molar-refractivity contribution in [1.82, 2.24) is 5.32 Å². The molecule has 0 saturated heterocycles. The standard InChI is InChI=1S/C22H24F3N2O2P/c1-2-15-6-3-4-9-19(15)20(27(30-29)18-8-5-7-16(23)14-18)21(28)26-17-10-12-22(24,25)13-11-17/h3-9,14,17,20H,2,10-13H2,1H3,(H,26,28). The van der Waals surface area contributed by atoms with Crippen LogP contribution >= 0.6 is 8.61 Å². The minimum absolute atomic E-state index is 0.177. The fourth-order valence-electron chi connectivity index (χ4n) is 3.83. The van der Waals surface area contributed by atoms with E-state index >= 15 is 0 Å². The lowest BCUT2D eigenvalue weighted by molar-refractivity contribution is -0.124. The van der Waals surface area contributed by atoms with Crippen LogP contribution in [0.5, 0.6) is 0 Å². The molecule has 0 aliphatic heterocycles. The van der Waals surface area contributed by atoms with Crippen LogP contribution in [0, 0.1) is 5.82 Å². The molecule has 4 nitrogen and oxygen atoms in total. The quantitative estimate of drug-likeness (QED) is 0.555. The lowest BCUT2D eigenvalue weighted by Gasteiger charge is -2.33. The smallest absolute Gasteiger partial charge is 0.283 e. The summed E-state index contributed by atoms with van der Waals surface area (Å²) in [6.45, 7) is 1.94. The molecule has 0 aromatic heterocycles. The number of halogens is 3. The van der Waals surface area contributed by atoms with Crippen LogP contribution in [0.2, 0.25) is 0 Å². The van der Waals surface area contributed by atoms with Gasteiger partial charge in [0, 0.05) is 18.9 Å². The highest BCUT2D eigenvalue weighted by molar-refractivity contribution is 7.26. The third-order valence-electron chi connectivity index (χ3n) is 5.45. The Kier molecular flexibility index (Phi) is 7.14. The average molecular weight is 436 g/mol. The Bertz CT molecular complexity index is 899. The monoisotopic (exact) mass is 436 g/mol. The van der Waals surface area contributed by atoms with Crippen LogP contribution < -0.4 is 9.99 Å². The van der Waals surface area contributed by atoms with E-state index in [4.69, 9.17) is 0 Å². The third kappa shape index (κ3) is 5.20. The number of anilines is 1. The van der Waals surface area contributed by atoms with Crippen LogP contribution in [0.25, 0.3) is 0 Å². The van der Waals surface area contributed by atoms with E-state index in [0.29, 0.717) is 12.0 Å². The molecule has 3 rings (SSSR count). The molecule has 1 unspecified atom stereocenters. The summed E-state index contributed by atoms with van der Waals surface area (Å²) in [6, 6.07) is 11.4. The molecule has 2 aromatic rings. The highest BCUT2D eigenvalue weighted by Crippen LogP contribution is 2.37. The minimum atomic E-state index is -2.70. The van der Waals surface area contributed by atoms with E-state index in [-0.39, 0.29) is 37.4 Å². The number of hydrogen-bond acceptors (Lipinski definition) is 2. The zero-order valence-corrected chi connectivity index (χ0v) is 17.5. The van der Waals surface area contributed by atoms with Crippen molar-refractivity contribution in [3.05, 3.63) is 65.5 Å². The Morgan fingerprint density at radius 2 is 1.90 bits per heavy atom. The highest BCUT2D eigenvalue weighted by Gasteiger charge is 2.37. The number of carbonyl (C=O) groups is 1. The van der Waals surface area contributed by atoms with E-state index in [9.17, 15) is 22.5 Å². The van der Waals surface area contributed by atoms with Crippen molar-refractivity contribution in [1.29, 1.82) is 0 Å². The molecule has 1 atom stereocenters. The Balaban J connectivity index is 1.95. The number of hydrogen-bond donors (Lipinski definition) is 1. The number of rotatable bonds is 7. The lowest BCUT2D eigenvalue weighted by atomic mass is 9.91. The van der Waals surface area contributed by atoms with Crippen molar-refractivity contribution >= 4 is 20.2 Å². The van der Waals surface area contributed by atoms with Crippen LogP contribution in [-0.2, 0) is 15.8 Å². The summed E-state index contributed by atoms with van der Waals surface area (Å²) in [4.78, 5) is 13.3. The second kappa shape index (κ2) is 9.61. The van der Waals surface area contributed by atoms with E-state index in [0.717, 1.165) is 5.56 Å². The fourth-order valence-corrected chi connectivity index (χ4v) is 4.38. The van der Waals surface area contributed by atoms with E-state index < -0.39 is 32.3 Å². The molecule has 1 saturated carbocycles. The van der Waals surface area contributed by atoms with Gasteiger partial charge in [0.25, 0.3) is 8.61 Å². The second-order valence-corrected chi connectivity index (χ2v) is 8.09. The van der Waals surface area contributed by atoms with Crippen molar-refractivity contribution in [2.75, 3.05) is 4.67 Å². The molecule has 0 radical (unpaired) electrons. The molecular weight excluding hydrogens is 412 g/mol. The van der Waals surface area contributed by atoms with Crippen molar-refractivity contribution in [2.45, 2.75) is 57.0 Å². The molecule has 8 heteroatoms. The van der Waals surface area contributed by atoms with Crippen LogP contribution in [0.15, 0.2) is 48.5 Å². The van der Waals surface area contributed by atoms with Crippen LogP contribution in [0.3, 0.4) is 0 Å². The zero-order chi connectivity index (χ0) is 21.7. The van der Waals surface area contributed by atoms with Crippen molar-refractivity contribution < 1.29 is 22.5 Å². The van der Waals surface area contributed by atoms with Gasteiger partial charge in [-0.3, -0.25) is 9.46 Å². The normalized spacial score (nSPS) is 17.5. The number of alkyl halides is 2. The Morgan fingerprint density at radius 3 is 2.53 bits per heavy atom. The molecule has 0 heterocycles. The van der Waals surface area contributed by atoms with Crippen molar-refractivity contribution in [3.8, 4) is 0 Å². The molecule has 1 amide bonds. The summed E-state index contributed by atoms with van der Waals surface area (Å²) in [7, 11) is -0.481. The topological polar surface area (TPSA) is 49.4 Å². The fraction of sp³-hybridized carbons (Fsp3) is 0.409. The maximum atomic E-state index is 13.8. The minimum Gasteiger partial charge on any atom is -0.351 e. The van der Waals surface area contributed by atoms with Crippen LogP contribution in [0.4, 0.5) is 18.9 Å². The van der Waals surface area contributed by atoms with Crippen LogP contribution in [0.1, 0.15) is 49.8 Å². The zero-order valence-electron chi connectivity index (χ0n) is 16.7. The van der Waals surface area contributed by atoms with Crippen molar-refractivity contribution in [2.24, 2.45) is 0 Å². The largest absolute Gasteiger partial charge is 0.351 e. The Morgan fingerprint density at radius 1 is 1.20 bits per heavy atom. The number of amides is 1. The first-order valence-corrected chi connectivity index (χ1v) is 10.7. The summed E-state index contributed by atoms with van der Waals surface area (Å²) in [5.74, 6) is -3.66. The molecule has 2 aromatic carbocycles.